The summed E-state index contributed by atoms with van der Waals surface area (Å²) in [5.74, 6) is 0.125. The summed E-state index contributed by atoms with van der Waals surface area (Å²) in [5, 5.41) is 16.0. The number of halogens is 1. The molecule has 0 bridgehead atoms. The van der Waals surface area contributed by atoms with Crippen LogP contribution in [0.1, 0.15) is 5.56 Å². The lowest BCUT2D eigenvalue weighted by molar-refractivity contribution is -0.525. The molecule has 0 aliphatic rings. The second-order valence-corrected chi connectivity index (χ2v) is 3.92. The summed E-state index contributed by atoms with van der Waals surface area (Å²) in [4.78, 5) is 17.9. The molecule has 19 heavy (non-hydrogen) atoms. The van der Waals surface area contributed by atoms with Crippen molar-refractivity contribution in [2.75, 3.05) is 20.1 Å². The van der Waals surface area contributed by atoms with E-state index in [1.54, 1.807) is 12.3 Å². The highest BCUT2D eigenvalue weighted by Crippen LogP contribution is 2.04. The zero-order chi connectivity index (χ0) is 14.1. The molecule has 0 fully saturated rings. The minimum Gasteiger partial charge on any atom is -0.351 e. The van der Waals surface area contributed by atoms with Gasteiger partial charge in [-0.15, -0.1) is 0 Å². The summed E-state index contributed by atoms with van der Waals surface area (Å²) in [5.41, 5.74) is 2.96. The number of aromatic nitrogens is 1. The predicted molar refractivity (Wildman–Crippen MR) is 72.4 cm³/mol. The van der Waals surface area contributed by atoms with E-state index < -0.39 is 5.03 Å². The van der Waals surface area contributed by atoms with Crippen LogP contribution < -0.4 is 16.1 Å². The summed E-state index contributed by atoms with van der Waals surface area (Å²) in [6.07, 6.45) is 1.69. The van der Waals surface area contributed by atoms with Gasteiger partial charge >= 0.3 is 0 Å². The number of nitrogens with zero attached hydrogens (tertiary/aromatic N) is 3. The maximum Gasteiger partial charge on any atom is 0.254 e. The van der Waals surface area contributed by atoms with Gasteiger partial charge in [-0.05, 0) is 11.6 Å². The van der Waals surface area contributed by atoms with Gasteiger partial charge in [0.15, 0.2) is 5.03 Å². The second kappa shape index (κ2) is 8.22. The highest BCUT2D eigenvalue weighted by molar-refractivity contribution is 6.29. The third-order valence-electron chi connectivity index (χ3n) is 2.13. The van der Waals surface area contributed by atoms with Crippen LogP contribution in [0.2, 0.25) is 5.15 Å². The first-order valence-electron chi connectivity index (χ1n) is 5.54. The lowest BCUT2D eigenvalue weighted by Crippen LogP contribution is -2.43. The molecular weight excluding hydrogens is 272 g/mol. The Hall–Kier alpha value is -1.93. The zero-order valence-electron chi connectivity index (χ0n) is 10.4. The molecule has 0 aliphatic carbocycles. The van der Waals surface area contributed by atoms with E-state index in [9.17, 15) is 10.1 Å². The largest absolute Gasteiger partial charge is 0.351 e. The first-order valence-corrected chi connectivity index (χ1v) is 5.92. The fraction of sp³-hybridized carbons (Fsp3) is 0.400. The van der Waals surface area contributed by atoms with E-state index in [2.05, 4.69) is 20.6 Å². The highest BCUT2D eigenvalue weighted by atomic mass is 35.5. The normalized spacial score (nSPS) is 11.2. The van der Waals surface area contributed by atoms with Gasteiger partial charge in [0, 0.05) is 32.9 Å². The Balaban J connectivity index is 2.17. The minimum absolute atomic E-state index is 0.125. The quantitative estimate of drug-likeness (QED) is 0.172. The lowest BCUT2D eigenvalue weighted by atomic mass is 10.3. The minimum atomic E-state index is -0.665. The fourth-order valence-electron chi connectivity index (χ4n) is 1.27. The van der Waals surface area contributed by atoms with E-state index in [0.29, 0.717) is 24.8 Å². The molecule has 0 unspecified atom stereocenters. The zero-order valence-corrected chi connectivity index (χ0v) is 11.1. The molecule has 8 nitrogen and oxygen atoms in total. The summed E-state index contributed by atoms with van der Waals surface area (Å²) in [6, 6.07) is 3.60. The lowest BCUT2D eigenvalue weighted by Gasteiger charge is -2.07. The number of aliphatic imine (C=N–C) groups is 1. The average molecular weight is 287 g/mol. The van der Waals surface area contributed by atoms with Gasteiger partial charge in [-0.1, -0.05) is 23.1 Å². The first kappa shape index (κ1) is 15.1. The van der Waals surface area contributed by atoms with Crippen LogP contribution in [0.25, 0.3) is 0 Å². The van der Waals surface area contributed by atoms with Gasteiger partial charge in [0.25, 0.3) is 5.96 Å². The molecule has 0 saturated heterocycles. The highest BCUT2D eigenvalue weighted by Gasteiger charge is 2.02. The number of pyridine rings is 1. The van der Waals surface area contributed by atoms with Crippen molar-refractivity contribution in [2.45, 2.75) is 6.54 Å². The molecule has 1 rings (SSSR count). The van der Waals surface area contributed by atoms with Crippen LogP contribution in [-0.4, -0.2) is 36.1 Å². The van der Waals surface area contributed by atoms with Crippen molar-refractivity contribution in [1.29, 1.82) is 0 Å². The number of nitro groups is 1. The SMILES string of the molecule is CN=C(NCCNCc1ccc(Cl)nc1)N[N+](=O)[O-]. The Labute approximate surface area is 115 Å². The summed E-state index contributed by atoms with van der Waals surface area (Å²) in [7, 11) is 1.46. The maximum atomic E-state index is 10.2. The summed E-state index contributed by atoms with van der Waals surface area (Å²) >= 11 is 5.67. The van der Waals surface area contributed by atoms with Gasteiger partial charge < -0.3 is 10.6 Å². The van der Waals surface area contributed by atoms with Crippen molar-refractivity contribution >= 4 is 17.6 Å². The number of rotatable bonds is 6. The number of hydrogen-bond acceptors (Lipinski definition) is 5. The van der Waals surface area contributed by atoms with Crippen LogP contribution in [0.5, 0.6) is 0 Å². The second-order valence-electron chi connectivity index (χ2n) is 3.53. The van der Waals surface area contributed by atoms with E-state index in [1.165, 1.54) is 7.05 Å². The molecule has 9 heteroatoms. The van der Waals surface area contributed by atoms with Crippen LogP contribution in [-0.2, 0) is 6.54 Å². The van der Waals surface area contributed by atoms with Crippen LogP contribution in [0, 0.1) is 10.1 Å². The number of hydrogen-bond donors (Lipinski definition) is 3. The van der Waals surface area contributed by atoms with Crippen molar-refractivity contribution in [3.8, 4) is 0 Å². The molecule has 3 N–H and O–H groups in total. The molecule has 0 saturated carbocycles. The van der Waals surface area contributed by atoms with E-state index >= 15 is 0 Å². The number of hydrazine groups is 1. The molecule has 0 radical (unpaired) electrons. The monoisotopic (exact) mass is 286 g/mol. The van der Waals surface area contributed by atoms with Gasteiger partial charge in [0.05, 0.1) is 0 Å². The van der Waals surface area contributed by atoms with Gasteiger partial charge in [0.1, 0.15) is 5.15 Å². The molecule has 0 amide bonds. The Bertz CT molecular complexity index is 436. The van der Waals surface area contributed by atoms with Crippen LogP contribution in [0.4, 0.5) is 0 Å². The van der Waals surface area contributed by atoms with Crippen molar-refractivity contribution in [3.63, 3.8) is 0 Å². The van der Waals surface area contributed by atoms with Gasteiger partial charge in [-0.3, -0.25) is 4.99 Å². The van der Waals surface area contributed by atoms with Crippen molar-refractivity contribution in [3.05, 3.63) is 39.2 Å². The molecule has 104 valence electrons. The average Bonchev–Trinajstić information content (AvgIpc) is 2.38. The predicted octanol–water partition coefficient (Wildman–Crippen LogP) is 0.181. The Morgan fingerprint density at radius 2 is 2.32 bits per heavy atom. The van der Waals surface area contributed by atoms with E-state index in [0.717, 1.165) is 5.56 Å². The van der Waals surface area contributed by atoms with Crippen molar-refractivity contribution in [1.82, 2.24) is 21.0 Å². The molecule has 1 aromatic heterocycles. The van der Waals surface area contributed by atoms with Crippen molar-refractivity contribution in [2.24, 2.45) is 4.99 Å². The molecule has 0 spiro atoms. The van der Waals surface area contributed by atoms with Crippen molar-refractivity contribution < 1.29 is 5.03 Å². The first-order chi connectivity index (χ1) is 9.11. The molecule has 1 heterocycles. The van der Waals surface area contributed by atoms with Crippen LogP contribution in [0.15, 0.2) is 23.3 Å². The number of guanidine groups is 1. The van der Waals surface area contributed by atoms with E-state index in [4.69, 9.17) is 11.6 Å². The molecular formula is C10H15ClN6O2. The topological polar surface area (TPSA) is 104 Å². The van der Waals surface area contributed by atoms with Crippen LogP contribution in [0.3, 0.4) is 0 Å². The fourth-order valence-corrected chi connectivity index (χ4v) is 1.38. The Morgan fingerprint density at radius 1 is 1.53 bits per heavy atom. The smallest absolute Gasteiger partial charge is 0.254 e. The Kier molecular flexibility index (Phi) is 6.55. The van der Waals surface area contributed by atoms with Gasteiger partial charge in [-0.2, -0.15) is 0 Å². The standard InChI is InChI=1S/C10H15ClN6O2/c1-12-10(16-17(18)19)14-5-4-13-6-8-2-3-9(11)15-7-8/h2-3,7,13H,4-6H2,1H3,(H2,12,14,16). The summed E-state index contributed by atoms with van der Waals surface area (Å²) in [6.45, 7) is 1.78. The van der Waals surface area contributed by atoms with Gasteiger partial charge in [-0.25, -0.2) is 15.1 Å². The molecule has 1 aromatic rings. The summed E-state index contributed by atoms with van der Waals surface area (Å²) < 4.78 is 0. The van der Waals surface area contributed by atoms with Gasteiger partial charge in [0.2, 0.25) is 0 Å². The number of nitrogens with one attached hydrogen (secondary N) is 3. The molecule has 0 aliphatic heterocycles. The Morgan fingerprint density at radius 3 is 2.89 bits per heavy atom. The third kappa shape index (κ3) is 6.53. The molecule has 0 atom stereocenters. The van der Waals surface area contributed by atoms with E-state index in [1.807, 2.05) is 11.5 Å². The third-order valence-corrected chi connectivity index (χ3v) is 2.36. The van der Waals surface area contributed by atoms with Crippen LogP contribution >= 0.6 is 11.6 Å². The maximum absolute atomic E-state index is 10.2. The molecule has 0 aromatic carbocycles. The van der Waals surface area contributed by atoms with E-state index in [-0.39, 0.29) is 5.96 Å².